The second-order valence-corrected chi connectivity index (χ2v) is 13.4. The number of hydrogen-bond donors (Lipinski definition) is 1. The van der Waals surface area contributed by atoms with Crippen LogP contribution in [0.15, 0.2) is 65.6 Å². The average molecular weight is 744 g/mol. The Morgan fingerprint density at radius 3 is 2.50 bits per heavy atom. The number of halogens is 6. The number of benzene rings is 3. The number of amides is 1. The molecule has 4 aromatic rings. The van der Waals surface area contributed by atoms with E-state index in [1.165, 1.54) is 31.2 Å². The van der Waals surface area contributed by atoms with Gasteiger partial charge in [-0.05, 0) is 91.4 Å². The molecule has 0 aliphatic carbocycles. The predicted octanol–water partition coefficient (Wildman–Crippen LogP) is 7.65. The first-order chi connectivity index (χ1) is 24.6. The molecule has 52 heavy (non-hydrogen) atoms. The summed E-state index contributed by atoms with van der Waals surface area (Å²) in [5.74, 6) is -1.92. The molecule has 4 bridgehead atoms. The minimum atomic E-state index is -4.91. The molecule has 0 radical (unpaired) electrons. The molecule has 1 N–H and O–H groups in total. The third-order valence-electron chi connectivity index (χ3n) is 9.22. The van der Waals surface area contributed by atoms with Crippen LogP contribution in [0.25, 0.3) is 11.1 Å². The molecule has 2 atom stereocenters. The summed E-state index contributed by atoms with van der Waals surface area (Å²) in [5.41, 5.74) is -0.578. The number of nitrogens with one attached hydrogen (secondary N) is 1. The second kappa shape index (κ2) is 14.7. The van der Waals surface area contributed by atoms with Gasteiger partial charge in [-0.3, -0.25) is 23.9 Å². The highest BCUT2D eigenvalue weighted by molar-refractivity contribution is 6.30. The van der Waals surface area contributed by atoms with E-state index in [0.717, 1.165) is 16.3 Å². The Balaban J connectivity index is 1.58. The Labute approximate surface area is 301 Å². The lowest BCUT2D eigenvalue weighted by Crippen LogP contribution is -2.49. The highest BCUT2D eigenvalue weighted by Crippen LogP contribution is 2.41. The topological polar surface area (TPSA) is 89.9 Å². The van der Waals surface area contributed by atoms with Crippen molar-refractivity contribution < 1.29 is 41.0 Å². The van der Waals surface area contributed by atoms with Gasteiger partial charge in [-0.15, -0.1) is 0 Å². The number of carbonyl (C=O) groups excluding carboxylic acids is 2. The Morgan fingerprint density at radius 1 is 1.06 bits per heavy atom. The minimum absolute atomic E-state index is 0.00596. The molecule has 274 valence electrons. The molecule has 1 saturated heterocycles. The van der Waals surface area contributed by atoms with Crippen LogP contribution in [-0.2, 0) is 26.9 Å². The first-order valence-corrected chi connectivity index (χ1v) is 17.0. The van der Waals surface area contributed by atoms with Gasteiger partial charge >= 0.3 is 12.1 Å². The number of esters is 1. The number of likely N-dealkylation sites (tertiary alicyclic amines) is 1. The summed E-state index contributed by atoms with van der Waals surface area (Å²) in [7, 11) is 0. The molecule has 6 rings (SSSR count). The van der Waals surface area contributed by atoms with Gasteiger partial charge < -0.3 is 14.8 Å². The molecular weight excluding hydrogens is 709 g/mol. The average Bonchev–Trinajstić information content (AvgIpc) is 3.04. The summed E-state index contributed by atoms with van der Waals surface area (Å²) in [6, 6.07) is 10.1. The fourth-order valence-corrected chi connectivity index (χ4v) is 6.99. The number of alkyl halides is 4. The van der Waals surface area contributed by atoms with Crippen LogP contribution in [0.5, 0.6) is 11.5 Å². The number of fused-ring (bicyclic) bond motifs is 6. The van der Waals surface area contributed by atoms with Crippen molar-refractivity contribution in [3.63, 3.8) is 0 Å². The van der Waals surface area contributed by atoms with Crippen LogP contribution in [0.2, 0.25) is 5.02 Å². The Bertz CT molecular complexity index is 2100. The third kappa shape index (κ3) is 7.70. The molecular formula is C38H35ClF5N3O5. The molecule has 2 aliphatic heterocycles. The van der Waals surface area contributed by atoms with E-state index in [2.05, 4.69) is 5.32 Å². The van der Waals surface area contributed by atoms with Gasteiger partial charge in [0.2, 0.25) is 5.91 Å². The zero-order valence-electron chi connectivity index (χ0n) is 28.5. The van der Waals surface area contributed by atoms with Gasteiger partial charge in [0.25, 0.3) is 5.56 Å². The number of hydrogen-bond acceptors (Lipinski definition) is 6. The fraction of sp³-hybridized carbons (Fsp3) is 0.342. The van der Waals surface area contributed by atoms with Crippen molar-refractivity contribution in [1.82, 2.24) is 14.8 Å². The molecule has 0 spiro atoms. The lowest BCUT2D eigenvalue weighted by molar-refractivity contribution is -0.144. The van der Waals surface area contributed by atoms with Crippen LogP contribution in [-0.4, -0.2) is 53.8 Å². The number of nitrogens with zero attached hydrogens (tertiary/aromatic N) is 2. The quantitative estimate of drug-likeness (QED) is 0.155. The second-order valence-electron chi connectivity index (χ2n) is 13.0. The van der Waals surface area contributed by atoms with Crippen molar-refractivity contribution in [3.8, 4) is 22.6 Å². The molecule has 14 heteroatoms. The van der Waals surface area contributed by atoms with Crippen LogP contribution in [0, 0.1) is 19.7 Å². The molecule has 1 amide bonds. The van der Waals surface area contributed by atoms with Crippen molar-refractivity contribution in [2.75, 3.05) is 26.2 Å². The van der Waals surface area contributed by atoms with Crippen molar-refractivity contribution in [3.05, 3.63) is 115 Å². The molecule has 3 heterocycles. The zero-order chi connectivity index (χ0) is 37.5. The van der Waals surface area contributed by atoms with E-state index in [0.29, 0.717) is 22.9 Å². The van der Waals surface area contributed by atoms with Crippen molar-refractivity contribution >= 4 is 23.5 Å². The largest absolute Gasteiger partial charge is 0.466 e. The lowest BCUT2D eigenvalue weighted by atomic mass is 9.92. The first-order valence-electron chi connectivity index (χ1n) is 16.7. The van der Waals surface area contributed by atoms with E-state index >= 15 is 4.39 Å². The summed E-state index contributed by atoms with van der Waals surface area (Å²) in [6.45, 7) is 5.17. The van der Waals surface area contributed by atoms with E-state index < -0.39 is 59.7 Å². The normalized spacial score (nSPS) is 17.8. The maximum absolute atomic E-state index is 16.1. The van der Waals surface area contributed by atoms with E-state index in [9.17, 15) is 31.9 Å². The number of ether oxygens (including phenoxy) is 2. The van der Waals surface area contributed by atoms with Gasteiger partial charge in [0.1, 0.15) is 29.5 Å². The Kier molecular flexibility index (Phi) is 10.5. The maximum atomic E-state index is 16.1. The molecule has 2 aliphatic rings. The number of rotatable bonds is 7. The summed E-state index contributed by atoms with van der Waals surface area (Å²) >= 11 is 6.56. The SMILES string of the molecule is CCOC(=O)C[C@@H]1NC(=O)C(n2cc(CCN3CC(F)C3)c(C(F)(F)F)cc2=O)c2cc(Cl)cc(c2)Oc2cccc(C)c2-c2cc(C)c(F)c1c2. The molecule has 1 aromatic heterocycles. The minimum Gasteiger partial charge on any atom is -0.466 e. The van der Waals surface area contributed by atoms with Gasteiger partial charge in [0, 0.05) is 48.0 Å². The molecule has 1 fully saturated rings. The van der Waals surface area contributed by atoms with Gasteiger partial charge in [0.05, 0.1) is 24.6 Å². The summed E-state index contributed by atoms with van der Waals surface area (Å²) < 4.78 is 84.8. The van der Waals surface area contributed by atoms with Crippen molar-refractivity contribution in [1.29, 1.82) is 0 Å². The summed E-state index contributed by atoms with van der Waals surface area (Å²) in [5, 5.41) is 2.79. The third-order valence-corrected chi connectivity index (χ3v) is 9.43. The lowest BCUT2D eigenvalue weighted by Gasteiger charge is -2.34. The van der Waals surface area contributed by atoms with Crippen molar-refractivity contribution in [2.45, 2.75) is 58.0 Å². The smallest absolute Gasteiger partial charge is 0.416 e. The first kappa shape index (κ1) is 37.0. The monoisotopic (exact) mass is 743 g/mol. The number of carbonyl (C=O) groups is 2. The van der Waals surface area contributed by atoms with Gasteiger partial charge in [-0.25, -0.2) is 8.78 Å². The zero-order valence-corrected chi connectivity index (χ0v) is 29.2. The molecule has 3 aromatic carbocycles. The molecule has 1 unspecified atom stereocenters. The van der Waals surface area contributed by atoms with E-state index in [4.69, 9.17) is 21.1 Å². The summed E-state index contributed by atoms with van der Waals surface area (Å²) in [6.07, 6.45) is -5.74. The number of pyridine rings is 1. The van der Waals surface area contributed by atoms with Crippen LogP contribution in [0.4, 0.5) is 22.0 Å². The van der Waals surface area contributed by atoms with Crippen LogP contribution < -0.4 is 15.6 Å². The van der Waals surface area contributed by atoms with Gasteiger partial charge in [-0.1, -0.05) is 23.7 Å². The van der Waals surface area contributed by atoms with Crippen LogP contribution >= 0.6 is 11.6 Å². The highest BCUT2D eigenvalue weighted by Gasteiger charge is 2.37. The summed E-state index contributed by atoms with van der Waals surface area (Å²) in [4.78, 5) is 42.8. The van der Waals surface area contributed by atoms with Crippen LogP contribution in [0.1, 0.15) is 58.8 Å². The predicted molar refractivity (Wildman–Crippen MR) is 184 cm³/mol. The highest BCUT2D eigenvalue weighted by atomic mass is 35.5. The number of aromatic nitrogens is 1. The molecule has 0 saturated carbocycles. The van der Waals surface area contributed by atoms with Gasteiger partial charge in [-0.2, -0.15) is 13.2 Å². The number of aryl methyl sites for hydroxylation is 2. The standard InChI is InChI=1S/C38H35ClF5N3O5/c1-4-51-33(49)16-30-28-13-23(10-21(3)35(28)41)34-20(2)6-5-7-31(34)52-27-12-24(11-25(39)14-27)36(37(50)45-30)47-17-22(8-9-46-18-26(40)19-46)29(15-32(47)48)38(42,43)44/h5-7,10-15,17,26,30,36H,4,8-9,16,18-19H2,1-3H3,(H,45,50)/t30-,36?/m0/s1. The van der Waals surface area contributed by atoms with E-state index in [1.807, 2.05) is 13.0 Å². The molecule has 8 nitrogen and oxygen atoms in total. The van der Waals surface area contributed by atoms with E-state index in [1.54, 1.807) is 30.0 Å². The Morgan fingerprint density at radius 2 is 1.81 bits per heavy atom. The van der Waals surface area contributed by atoms with Gasteiger partial charge in [0.15, 0.2) is 0 Å². The Hall–Kier alpha value is -4.75. The maximum Gasteiger partial charge on any atom is 0.416 e. The van der Waals surface area contributed by atoms with Crippen LogP contribution in [0.3, 0.4) is 0 Å². The van der Waals surface area contributed by atoms with E-state index in [-0.39, 0.29) is 65.7 Å². The van der Waals surface area contributed by atoms with Crippen molar-refractivity contribution in [2.24, 2.45) is 0 Å². The fourth-order valence-electron chi connectivity index (χ4n) is 6.76.